The van der Waals surface area contributed by atoms with Crippen molar-refractivity contribution in [3.05, 3.63) is 64.7 Å². The van der Waals surface area contributed by atoms with Crippen LogP contribution in [0.15, 0.2) is 36.9 Å². The van der Waals surface area contributed by atoms with Crippen LogP contribution in [0.1, 0.15) is 27.8 Å². The maximum absolute atomic E-state index is 3.92. The molecule has 0 aliphatic carbocycles. The highest BCUT2D eigenvalue weighted by Gasteiger charge is 2.12. The van der Waals surface area contributed by atoms with Gasteiger partial charge in [0.2, 0.25) is 0 Å². The van der Waals surface area contributed by atoms with Gasteiger partial charge in [0, 0.05) is 0 Å². The first-order valence-corrected chi connectivity index (χ1v) is 6.35. The van der Waals surface area contributed by atoms with Gasteiger partial charge in [0.05, 0.1) is 0 Å². The van der Waals surface area contributed by atoms with Crippen LogP contribution in [0.2, 0.25) is 0 Å². The molecule has 18 heavy (non-hydrogen) atoms. The predicted octanol–water partition coefficient (Wildman–Crippen LogP) is 5.23. The highest BCUT2D eigenvalue weighted by atomic mass is 14.2. The van der Waals surface area contributed by atoms with Crippen molar-refractivity contribution in [1.29, 1.82) is 0 Å². The fourth-order valence-corrected chi connectivity index (χ4v) is 2.54. The molecule has 0 fully saturated rings. The smallest absolute Gasteiger partial charge is 0.0114 e. The topological polar surface area (TPSA) is 0 Å². The van der Waals surface area contributed by atoms with Crippen molar-refractivity contribution in [2.45, 2.75) is 27.7 Å². The van der Waals surface area contributed by atoms with Crippen molar-refractivity contribution in [2.75, 3.05) is 0 Å². The van der Waals surface area contributed by atoms with Gasteiger partial charge in [-0.05, 0) is 66.6 Å². The normalized spacial score (nSPS) is 10.4. The Morgan fingerprint density at radius 3 is 2.17 bits per heavy atom. The van der Waals surface area contributed by atoms with Gasteiger partial charge in [0.25, 0.3) is 0 Å². The maximum atomic E-state index is 3.92. The molecular formula is C18H20. The van der Waals surface area contributed by atoms with Crippen LogP contribution >= 0.6 is 0 Å². The van der Waals surface area contributed by atoms with Crippen molar-refractivity contribution < 1.29 is 0 Å². The number of aryl methyl sites for hydroxylation is 2. The predicted molar refractivity (Wildman–Crippen MR) is 80.9 cm³/mol. The van der Waals surface area contributed by atoms with Gasteiger partial charge < -0.3 is 0 Å². The van der Waals surface area contributed by atoms with Crippen LogP contribution in [0, 0.1) is 27.7 Å². The molecule has 92 valence electrons. The minimum atomic E-state index is 1.23. The monoisotopic (exact) mass is 236 g/mol. The second kappa shape index (κ2) is 4.81. The number of rotatable bonds is 2. The summed E-state index contributed by atoms with van der Waals surface area (Å²) in [5, 5.41) is 0. The Labute approximate surface area is 110 Å². The summed E-state index contributed by atoms with van der Waals surface area (Å²) < 4.78 is 0. The molecule has 0 saturated heterocycles. The first-order valence-electron chi connectivity index (χ1n) is 6.35. The van der Waals surface area contributed by atoms with E-state index in [0.717, 1.165) is 0 Å². The average molecular weight is 236 g/mol. The van der Waals surface area contributed by atoms with Gasteiger partial charge in [-0.25, -0.2) is 0 Å². The van der Waals surface area contributed by atoms with Crippen LogP contribution in [0.3, 0.4) is 0 Å². The SMILES string of the molecule is C=Cc1cc(C)c(C)c(-c2ccccc2C)c1C. The van der Waals surface area contributed by atoms with Crippen molar-refractivity contribution in [3.63, 3.8) is 0 Å². The molecule has 0 aliphatic rings. The van der Waals surface area contributed by atoms with Crippen molar-refractivity contribution in [3.8, 4) is 11.1 Å². The highest BCUT2D eigenvalue weighted by molar-refractivity contribution is 5.78. The summed E-state index contributed by atoms with van der Waals surface area (Å²) in [7, 11) is 0. The summed E-state index contributed by atoms with van der Waals surface area (Å²) in [6, 6.07) is 10.8. The zero-order chi connectivity index (χ0) is 13.3. The van der Waals surface area contributed by atoms with Crippen LogP contribution in [0.25, 0.3) is 17.2 Å². The summed E-state index contributed by atoms with van der Waals surface area (Å²) in [4.78, 5) is 0. The van der Waals surface area contributed by atoms with Gasteiger partial charge in [-0.3, -0.25) is 0 Å². The van der Waals surface area contributed by atoms with E-state index >= 15 is 0 Å². The molecule has 0 aliphatic heterocycles. The van der Waals surface area contributed by atoms with Crippen molar-refractivity contribution in [1.82, 2.24) is 0 Å². The minimum absolute atomic E-state index is 1.23. The summed E-state index contributed by atoms with van der Waals surface area (Å²) >= 11 is 0. The molecule has 0 heterocycles. The van der Waals surface area contributed by atoms with Crippen molar-refractivity contribution in [2.24, 2.45) is 0 Å². The van der Waals surface area contributed by atoms with Gasteiger partial charge in [0.15, 0.2) is 0 Å². The van der Waals surface area contributed by atoms with Gasteiger partial charge in [-0.2, -0.15) is 0 Å². The summed E-state index contributed by atoms with van der Waals surface area (Å²) in [6.07, 6.45) is 1.95. The van der Waals surface area contributed by atoms with E-state index in [1.807, 2.05) is 6.08 Å². The Morgan fingerprint density at radius 1 is 0.889 bits per heavy atom. The van der Waals surface area contributed by atoms with E-state index in [1.54, 1.807) is 0 Å². The molecule has 0 spiro atoms. The van der Waals surface area contributed by atoms with Crippen LogP contribution in [0.4, 0.5) is 0 Å². The molecule has 0 unspecified atom stereocenters. The Balaban J connectivity index is 2.82. The summed E-state index contributed by atoms with van der Waals surface area (Å²) in [5.74, 6) is 0. The first kappa shape index (κ1) is 12.6. The lowest BCUT2D eigenvalue weighted by Gasteiger charge is -2.17. The molecule has 2 aromatic rings. The maximum Gasteiger partial charge on any atom is -0.0114 e. The standard InChI is InChI=1S/C18H20/c1-6-16-11-13(3)14(4)18(15(16)5)17-10-8-7-9-12(17)2/h6-11H,1H2,2-5H3. The van der Waals surface area contributed by atoms with Crippen molar-refractivity contribution >= 4 is 6.08 Å². The molecule has 0 aromatic heterocycles. The third-order valence-corrected chi connectivity index (χ3v) is 3.78. The van der Waals surface area contributed by atoms with E-state index in [4.69, 9.17) is 0 Å². The molecule has 0 nitrogen and oxygen atoms in total. The highest BCUT2D eigenvalue weighted by Crippen LogP contribution is 2.33. The quantitative estimate of drug-likeness (QED) is 0.669. The lowest BCUT2D eigenvalue weighted by molar-refractivity contribution is 1.28. The third-order valence-electron chi connectivity index (χ3n) is 3.78. The molecule has 0 atom stereocenters. The minimum Gasteiger partial charge on any atom is -0.0985 e. The van der Waals surface area contributed by atoms with Gasteiger partial charge in [-0.1, -0.05) is 43.0 Å². The molecule has 0 heteroatoms. The zero-order valence-corrected chi connectivity index (χ0v) is 11.7. The Hall–Kier alpha value is -1.82. The third kappa shape index (κ3) is 1.99. The Morgan fingerprint density at radius 2 is 1.56 bits per heavy atom. The average Bonchev–Trinajstić information content (AvgIpc) is 2.36. The van der Waals surface area contributed by atoms with E-state index in [-0.39, 0.29) is 0 Å². The first-order chi connectivity index (χ1) is 8.56. The second-order valence-electron chi connectivity index (χ2n) is 4.93. The largest absolute Gasteiger partial charge is 0.0985 e. The van der Waals surface area contributed by atoms with E-state index < -0.39 is 0 Å². The molecule has 0 saturated carbocycles. The van der Waals surface area contributed by atoms with Crippen LogP contribution in [-0.4, -0.2) is 0 Å². The summed E-state index contributed by atoms with van der Waals surface area (Å²) in [6.45, 7) is 12.7. The van der Waals surface area contributed by atoms with Crippen LogP contribution in [-0.2, 0) is 0 Å². The van der Waals surface area contributed by atoms with Crippen LogP contribution in [0.5, 0.6) is 0 Å². The molecule has 2 aromatic carbocycles. The van der Waals surface area contributed by atoms with E-state index in [2.05, 4.69) is 64.6 Å². The fourth-order valence-electron chi connectivity index (χ4n) is 2.54. The lowest BCUT2D eigenvalue weighted by atomic mass is 9.87. The molecule has 2 rings (SSSR count). The molecular weight excluding hydrogens is 216 g/mol. The van der Waals surface area contributed by atoms with Gasteiger partial charge in [-0.15, -0.1) is 0 Å². The number of benzene rings is 2. The van der Waals surface area contributed by atoms with Crippen LogP contribution < -0.4 is 0 Å². The summed E-state index contributed by atoms with van der Waals surface area (Å²) in [5.41, 5.74) is 9.27. The number of hydrogen-bond donors (Lipinski definition) is 0. The van der Waals surface area contributed by atoms with E-state index in [1.165, 1.54) is 38.9 Å². The Bertz CT molecular complexity index is 604. The van der Waals surface area contributed by atoms with E-state index in [0.29, 0.717) is 0 Å². The van der Waals surface area contributed by atoms with Gasteiger partial charge >= 0.3 is 0 Å². The molecule has 0 radical (unpaired) electrons. The van der Waals surface area contributed by atoms with E-state index in [9.17, 15) is 0 Å². The molecule has 0 bridgehead atoms. The molecule has 0 N–H and O–H groups in total. The molecule has 0 amide bonds. The van der Waals surface area contributed by atoms with Gasteiger partial charge in [0.1, 0.15) is 0 Å². The fraction of sp³-hybridized carbons (Fsp3) is 0.222. The Kier molecular flexibility index (Phi) is 3.38. The zero-order valence-electron chi connectivity index (χ0n) is 11.7. The number of hydrogen-bond acceptors (Lipinski definition) is 0. The second-order valence-corrected chi connectivity index (χ2v) is 4.93. The lowest BCUT2D eigenvalue weighted by Crippen LogP contribution is -1.96.